The fourth-order valence-electron chi connectivity index (χ4n) is 0.489. The van der Waals surface area contributed by atoms with Crippen LogP contribution in [0.5, 0.6) is 0 Å². The molecule has 0 heterocycles. The van der Waals surface area contributed by atoms with Crippen molar-refractivity contribution in [3.8, 4) is 0 Å². The SMILES string of the molecule is C[N-]C(=O)[C-](C)C(C)(C)C.[W].[Y]. The van der Waals surface area contributed by atoms with Gasteiger partial charge in [-0.3, -0.25) is 0 Å². The van der Waals surface area contributed by atoms with Crippen LogP contribution in [0.25, 0.3) is 5.32 Å². The standard InChI is InChI=1S/C8H16NO.W.Y/c1-6(7(10)9-5)8(2,3)4;;/h1-5H3,(H,9,10);;/q-1;;/p-1. The van der Waals surface area contributed by atoms with E-state index >= 15 is 0 Å². The van der Waals surface area contributed by atoms with E-state index < -0.39 is 0 Å². The van der Waals surface area contributed by atoms with Crippen LogP contribution in [0.4, 0.5) is 0 Å². The van der Waals surface area contributed by atoms with Crippen LogP contribution in [-0.2, 0) is 58.6 Å². The van der Waals surface area contributed by atoms with Crippen molar-refractivity contribution >= 4 is 5.91 Å². The van der Waals surface area contributed by atoms with E-state index in [0.717, 1.165) is 5.92 Å². The largest absolute Gasteiger partial charge is 0.682 e. The molecule has 0 aliphatic heterocycles. The minimum atomic E-state index is -0.0903. The average Bonchev–Trinajstić information content (AvgIpc) is 1.83. The van der Waals surface area contributed by atoms with Crippen LogP contribution < -0.4 is 0 Å². The predicted molar refractivity (Wildman–Crippen MR) is 42.7 cm³/mol. The molecule has 4 heteroatoms. The summed E-state index contributed by atoms with van der Waals surface area (Å²) in [5, 5.41) is 3.58. The maximum Gasteiger partial charge on any atom is 0 e. The number of amides is 1. The summed E-state index contributed by atoms with van der Waals surface area (Å²) < 4.78 is 0. The van der Waals surface area contributed by atoms with E-state index in [1.165, 1.54) is 7.05 Å². The molecule has 12 heavy (non-hydrogen) atoms. The van der Waals surface area contributed by atoms with E-state index in [4.69, 9.17) is 0 Å². The Labute approximate surface area is 115 Å². The van der Waals surface area contributed by atoms with Crippen molar-refractivity contribution in [2.75, 3.05) is 7.05 Å². The Hall–Kier alpha value is 1.13. The molecule has 0 aliphatic carbocycles. The van der Waals surface area contributed by atoms with Crippen molar-refractivity contribution in [1.29, 1.82) is 0 Å². The van der Waals surface area contributed by atoms with Gasteiger partial charge in [0.15, 0.2) is 0 Å². The molecule has 0 bridgehead atoms. The van der Waals surface area contributed by atoms with Crippen LogP contribution in [0.2, 0.25) is 0 Å². The van der Waals surface area contributed by atoms with Gasteiger partial charge < -0.3 is 16.0 Å². The Morgan fingerprint density at radius 1 is 1.33 bits per heavy atom. The molecule has 0 saturated carbocycles. The van der Waals surface area contributed by atoms with E-state index in [1.54, 1.807) is 0 Å². The van der Waals surface area contributed by atoms with E-state index in [1.807, 2.05) is 27.7 Å². The molecule has 0 aromatic rings. The predicted octanol–water partition coefficient (Wildman–Crippen LogP) is 2.15. The molecule has 0 fully saturated rings. The van der Waals surface area contributed by atoms with Gasteiger partial charge in [0, 0.05) is 53.8 Å². The molecular formula is C8H15NOWY-2. The van der Waals surface area contributed by atoms with Gasteiger partial charge in [-0.15, -0.1) is 12.5 Å². The first kappa shape index (κ1) is 18.8. The average molecular weight is 414 g/mol. The Morgan fingerprint density at radius 2 is 1.67 bits per heavy atom. The summed E-state index contributed by atoms with van der Waals surface area (Å²) in [7, 11) is 1.53. The third kappa shape index (κ3) is 6.63. The van der Waals surface area contributed by atoms with Crippen LogP contribution >= 0.6 is 0 Å². The zero-order valence-corrected chi connectivity index (χ0v) is 14.1. The van der Waals surface area contributed by atoms with Crippen molar-refractivity contribution in [1.82, 2.24) is 0 Å². The maximum atomic E-state index is 11.0. The number of nitrogens with zero attached hydrogens (tertiary/aromatic N) is 1. The molecule has 0 rings (SSSR count). The topological polar surface area (TPSA) is 31.2 Å². The molecule has 1 radical (unpaired) electrons. The maximum absolute atomic E-state index is 11.0. The van der Waals surface area contributed by atoms with Gasteiger partial charge in [0.1, 0.15) is 0 Å². The minimum Gasteiger partial charge on any atom is -0.682 e. The van der Waals surface area contributed by atoms with Gasteiger partial charge in [0.2, 0.25) is 0 Å². The third-order valence-electron chi connectivity index (χ3n) is 1.65. The van der Waals surface area contributed by atoms with E-state index in [2.05, 4.69) is 5.32 Å². The minimum absolute atomic E-state index is 0. The Balaban J connectivity index is -0.000000405. The monoisotopic (exact) mass is 414 g/mol. The first-order chi connectivity index (χ1) is 4.39. The van der Waals surface area contributed by atoms with Crippen molar-refractivity contribution in [3.05, 3.63) is 11.2 Å². The van der Waals surface area contributed by atoms with Crippen molar-refractivity contribution in [3.63, 3.8) is 0 Å². The molecule has 0 aromatic carbocycles. The molecule has 0 unspecified atom stereocenters. The molecule has 0 aliphatic rings. The summed E-state index contributed by atoms with van der Waals surface area (Å²) in [5.74, 6) is 0.725. The van der Waals surface area contributed by atoms with Crippen LogP contribution in [-0.4, -0.2) is 13.0 Å². The summed E-state index contributed by atoms with van der Waals surface area (Å²) in [5.41, 5.74) is -0.0450. The summed E-state index contributed by atoms with van der Waals surface area (Å²) >= 11 is 0. The Bertz CT molecular complexity index is 134. The third-order valence-corrected chi connectivity index (χ3v) is 1.65. The fraction of sp³-hybridized carbons (Fsp3) is 0.750. The quantitative estimate of drug-likeness (QED) is 0.606. The zero-order valence-electron chi connectivity index (χ0n) is 8.34. The number of hydrogen-bond acceptors (Lipinski definition) is 1. The molecular weight excluding hydrogens is 399 g/mol. The van der Waals surface area contributed by atoms with Crippen molar-refractivity contribution < 1.29 is 58.6 Å². The molecule has 0 N–H and O–H groups in total. The second-order valence-corrected chi connectivity index (χ2v) is 3.40. The van der Waals surface area contributed by atoms with Crippen LogP contribution in [0.3, 0.4) is 0 Å². The van der Waals surface area contributed by atoms with Crippen LogP contribution in [0.1, 0.15) is 27.7 Å². The van der Waals surface area contributed by atoms with Gasteiger partial charge in [0.05, 0.1) is 0 Å². The Kier molecular flexibility index (Phi) is 11.8. The van der Waals surface area contributed by atoms with E-state index in [-0.39, 0.29) is 65.1 Å². The molecule has 1 amide bonds. The van der Waals surface area contributed by atoms with Gasteiger partial charge in [-0.05, 0) is 0 Å². The number of carbonyl (C=O) groups excluding carboxylic acids is 1. The fourth-order valence-corrected chi connectivity index (χ4v) is 0.489. The summed E-state index contributed by atoms with van der Waals surface area (Å²) in [6, 6.07) is 0. The zero-order chi connectivity index (χ0) is 8.36. The summed E-state index contributed by atoms with van der Waals surface area (Å²) in [4.78, 5) is 11.0. The molecule has 2 nitrogen and oxygen atoms in total. The number of rotatable bonds is 1. The molecule has 0 saturated heterocycles. The van der Waals surface area contributed by atoms with Crippen LogP contribution in [0, 0.1) is 11.3 Å². The summed E-state index contributed by atoms with van der Waals surface area (Å²) in [6.45, 7) is 7.84. The van der Waals surface area contributed by atoms with Gasteiger partial charge in [-0.25, -0.2) is 0 Å². The Morgan fingerprint density at radius 3 is 1.75 bits per heavy atom. The first-order valence-electron chi connectivity index (χ1n) is 3.37. The van der Waals surface area contributed by atoms with Gasteiger partial charge in [-0.1, -0.05) is 26.7 Å². The van der Waals surface area contributed by atoms with E-state index in [9.17, 15) is 4.79 Å². The smallest absolute Gasteiger partial charge is 0 e. The number of hydrogen-bond donors (Lipinski definition) is 0. The van der Waals surface area contributed by atoms with Crippen molar-refractivity contribution in [2.24, 2.45) is 5.41 Å². The van der Waals surface area contributed by atoms with Gasteiger partial charge in [0.25, 0.3) is 0 Å². The first-order valence-corrected chi connectivity index (χ1v) is 3.37. The summed E-state index contributed by atoms with van der Waals surface area (Å²) in [6.07, 6.45) is 0. The second kappa shape index (κ2) is 7.53. The molecule has 0 atom stereocenters. The second-order valence-electron chi connectivity index (χ2n) is 3.40. The van der Waals surface area contributed by atoms with E-state index in [0.29, 0.717) is 0 Å². The van der Waals surface area contributed by atoms with Crippen LogP contribution in [0.15, 0.2) is 0 Å². The molecule has 0 spiro atoms. The van der Waals surface area contributed by atoms with Crippen molar-refractivity contribution in [2.45, 2.75) is 27.7 Å². The molecule has 0 aromatic heterocycles. The number of carbonyl (C=O) groups is 1. The molecule has 69 valence electrons. The van der Waals surface area contributed by atoms with Gasteiger partial charge in [-0.2, -0.15) is 6.92 Å². The van der Waals surface area contributed by atoms with Gasteiger partial charge >= 0.3 is 0 Å². The normalized spacial score (nSPS) is 9.08.